The lowest BCUT2D eigenvalue weighted by Gasteiger charge is -2.37. The largest absolute Gasteiger partial charge is 0.294 e. The molecule has 8 heteroatoms. The first-order chi connectivity index (χ1) is 13.5. The highest BCUT2D eigenvalue weighted by Crippen LogP contribution is 2.43. The van der Waals surface area contributed by atoms with Crippen LogP contribution in [0.4, 0.5) is 11.5 Å². The molecule has 1 aliphatic heterocycles. The van der Waals surface area contributed by atoms with Crippen LogP contribution in [-0.4, -0.2) is 21.6 Å². The molecular formula is C20H16BrN3O4. The maximum atomic E-state index is 13.0. The van der Waals surface area contributed by atoms with Crippen molar-refractivity contribution in [2.24, 2.45) is 0 Å². The molecule has 1 amide bonds. The number of Topliss-reactive ketones (excluding diaryl/α,β-unsaturated/α-hetero) is 1. The van der Waals surface area contributed by atoms with Crippen LogP contribution in [-0.2, 0) is 9.59 Å². The van der Waals surface area contributed by atoms with E-state index in [-0.39, 0.29) is 29.7 Å². The second kappa shape index (κ2) is 7.27. The molecule has 142 valence electrons. The number of pyridine rings is 1. The summed E-state index contributed by atoms with van der Waals surface area (Å²) in [6.07, 6.45) is 3.49. The van der Waals surface area contributed by atoms with Crippen LogP contribution in [0.1, 0.15) is 37.2 Å². The molecule has 0 spiro atoms. The van der Waals surface area contributed by atoms with Crippen LogP contribution in [0.15, 0.2) is 58.3 Å². The Labute approximate surface area is 169 Å². The Morgan fingerprint density at radius 1 is 1.11 bits per heavy atom. The van der Waals surface area contributed by atoms with Gasteiger partial charge in [0, 0.05) is 52.8 Å². The van der Waals surface area contributed by atoms with E-state index >= 15 is 0 Å². The van der Waals surface area contributed by atoms with Gasteiger partial charge in [-0.1, -0.05) is 12.1 Å². The lowest BCUT2D eigenvalue weighted by molar-refractivity contribution is -0.384. The SMILES string of the molecule is O=C1CCCC2=C1C(c1ccc([N+](=O)[O-])cc1)CC(=O)N2c1ccc(Br)cn1. The van der Waals surface area contributed by atoms with Crippen molar-refractivity contribution in [1.82, 2.24) is 4.98 Å². The number of nitro benzene ring substituents is 1. The van der Waals surface area contributed by atoms with Gasteiger partial charge in [-0.15, -0.1) is 0 Å². The number of nitrogens with zero attached hydrogens (tertiary/aromatic N) is 3. The summed E-state index contributed by atoms with van der Waals surface area (Å²) in [5.41, 5.74) is 2.05. The van der Waals surface area contributed by atoms with Crippen LogP contribution in [0.5, 0.6) is 0 Å². The van der Waals surface area contributed by atoms with Gasteiger partial charge in [0.05, 0.1) is 4.92 Å². The highest BCUT2D eigenvalue weighted by atomic mass is 79.9. The number of rotatable bonds is 3. The van der Waals surface area contributed by atoms with Crippen LogP contribution >= 0.6 is 15.9 Å². The molecule has 2 heterocycles. The summed E-state index contributed by atoms with van der Waals surface area (Å²) < 4.78 is 0.804. The standard InChI is InChI=1S/C20H16BrN3O4/c21-13-6-9-18(22-11-13)23-16-2-1-3-17(25)20(16)15(10-19(23)26)12-4-7-14(8-5-12)24(27)28/h4-9,11,15H,1-3,10H2. The summed E-state index contributed by atoms with van der Waals surface area (Å²) in [5, 5.41) is 10.9. The van der Waals surface area contributed by atoms with E-state index in [4.69, 9.17) is 0 Å². The Hall–Kier alpha value is -2.87. The molecule has 1 aromatic carbocycles. The highest BCUT2D eigenvalue weighted by Gasteiger charge is 2.40. The Kier molecular flexibility index (Phi) is 4.80. The van der Waals surface area contributed by atoms with Gasteiger partial charge in [0.15, 0.2) is 5.78 Å². The van der Waals surface area contributed by atoms with E-state index in [2.05, 4.69) is 20.9 Å². The molecule has 28 heavy (non-hydrogen) atoms. The van der Waals surface area contributed by atoms with Gasteiger partial charge in [-0.2, -0.15) is 0 Å². The lowest BCUT2D eigenvalue weighted by atomic mass is 9.77. The molecule has 2 aliphatic rings. The zero-order chi connectivity index (χ0) is 19.8. The summed E-state index contributed by atoms with van der Waals surface area (Å²) >= 11 is 3.34. The Balaban J connectivity index is 1.80. The zero-order valence-electron chi connectivity index (χ0n) is 14.8. The van der Waals surface area contributed by atoms with Crippen LogP contribution in [0.25, 0.3) is 0 Å². The predicted octanol–water partition coefficient (Wildman–Crippen LogP) is 4.28. The molecule has 0 N–H and O–H groups in total. The zero-order valence-corrected chi connectivity index (χ0v) is 16.4. The molecule has 7 nitrogen and oxygen atoms in total. The summed E-state index contributed by atoms with van der Waals surface area (Å²) in [5.74, 6) is 0.00573. The molecule has 1 aliphatic carbocycles. The van der Waals surface area contributed by atoms with Crippen LogP contribution in [0, 0.1) is 10.1 Å². The quantitative estimate of drug-likeness (QED) is 0.523. The topological polar surface area (TPSA) is 93.4 Å². The third-order valence-corrected chi connectivity index (χ3v) is 5.59. The monoisotopic (exact) mass is 441 g/mol. The van der Waals surface area contributed by atoms with Gasteiger partial charge in [0.1, 0.15) is 5.82 Å². The van der Waals surface area contributed by atoms with E-state index in [1.807, 2.05) is 6.07 Å². The van der Waals surface area contributed by atoms with Gasteiger partial charge >= 0.3 is 0 Å². The van der Waals surface area contributed by atoms with Crippen molar-refractivity contribution in [2.75, 3.05) is 4.90 Å². The molecule has 0 saturated carbocycles. The molecule has 4 rings (SSSR count). The number of anilines is 1. The molecular weight excluding hydrogens is 426 g/mol. The summed E-state index contributed by atoms with van der Waals surface area (Å²) in [6.45, 7) is 0. The molecule has 0 radical (unpaired) electrons. The van der Waals surface area contributed by atoms with Crippen LogP contribution in [0.2, 0.25) is 0 Å². The second-order valence-corrected chi connectivity index (χ2v) is 7.72. The molecule has 2 aromatic rings. The van der Waals surface area contributed by atoms with Crippen molar-refractivity contribution >= 4 is 39.1 Å². The molecule has 0 fully saturated rings. The first-order valence-electron chi connectivity index (χ1n) is 8.91. The number of benzene rings is 1. The number of amides is 1. The molecule has 0 bridgehead atoms. The van der Waals surface area contributed by atoms with Crippen molar-refractivity contribution < 1.29 is 14.5 Å². The summed E-state index contributed by atoms with van der Waals surface area (Å²) in [6, 6.07) is 9.65. The first kappa shape index (κ1) is 18.5. The summed E-state index contributed by atoms with van der Waals surface area (Å²) in [7, 11) is 0. The van der Waals surface area contributed by atoms with Crippen molar-refractivity contribution in [3.05, 3.63) is 74.0 Å². The molecule has 1 unspecified atom stereocenters. The Bertz CT molecular complexity index is 999. The minimum Gasteiger partial charge on any atom is -0.294 e. The fraction of sp³-hybridized carbons (Fsp3) is 0.250. The van der Waals surface area contributed by atoms with Gasteiger partial charge in [0.2, 0.25) is 5.91 Å². The first-order valence-corrected chi connectivity index (χ1v) is 9.70. The van der Waals surface area contributed by atoms with E-state index in [1.54, 1.807) is 29.3 Å². The minimum atomic E-state index is -0.465. The maximum absolute atomic E-state index is 13.0. The van der Waals surface area contributed by atoms with Crippen LogP contribution < -0.4 is 4.90 Å². The van der Waals surface area contributed by atoms with Crippen molar-refractivity contribution in [2.45, 2.75) is 31.6 Å². The van der Waals surface area contributed by atoms with Gasteiger partial charge in [-0.05, 0) is 46.5 Å². The smallest absolute Gasteiger partial charge is 0.269 e. The number of halogens is 1. The third kappa shape index (κ3) is 3.24. The number of non-ortho nitro benzene ring substituents is 1. The van der Waals surface area contributed by atoms with Gasteiger partial charge in [-0.3, -0.25) is 24.6 Å². The Morgan fingerprint density at radius 2 is 1.86 bits per heavy atom. The van der Waals surface area contributed by atoms with E-state index < -0.39 is 4.92 Å². The normalized spacial score (nSPS) is 19.6. The number of hydrogen-bond donors (Lipinski definition) is 0. The second-order valence-electron chi connectivity index (χ2n) is 6.81. The number of nitro groups is 1. The van der Waals surface area contributed by atoms with E-state index in [1.165, 1.54) is 12.1 Å². The third-order valence-electron chi connectivity index (χ3n) is 5.12. The minimum absolute atomic E-state index is 0.0178. The number of carbonyl (C=O) groups is 2. The number of aromatic nitrogens is 1. The maximum Gasteiger partial charge on any atom is 0.269 e. The van der Waals surface area contributed by atoms with E-state index in [0.29, 0.717) is 36.4 Å². The van der Waals surface area contributed by atoms with Crippen LogP contribution in [0.3, 0.4) is 0 Å². The van der Waals surface area contributed by atoms with Crippen molar-refractivity contribution in [1.29, 1.82) is 0 Å². The number of allylic oxidation sites excluding steroid dienone is 2. The molecule has 0 saturated heterocycles. The van der Waals surface area contributed by atoms with E-state index in [9.17, 15) is 19.7 Å². The van der Waals surface area contributed by atoms with Gasteiger partial charge < -0.3 is 0 Å². The fourth-order valence-corrected chi connectivity index (χ4v) is 4.11. The Morgan fingerprint density at radius 3 is 2.50 bits per heavy atom. The summed E-state index contributed by atoms with van der Waals surface area (Å²) in [4.78, 5) is 42.2. The van der Waals surface area contributed by atoms with Gasteiger partial charge in [0.25, 0.3) is 5.69 Å². The van der Waals surface area contributed by atoms with Crippen molar-refractivity contribution in [3.63, 3.8) is 0 Å². The predicted molar refractivity (Wildman–Crippen MR) is 106 cm³/mol. The molecule has 1 atom stereocenters. The van der Waals surface area contributed by atoms with Gasteiger partial charge in [-0.25, -0.2) is 4.98 Å². The number of carbonyl (C=O) groups excluding carboxylic acids is 2. The average molecular weight is 442 g/mol. The fourth-order valence-electron chi connectivity index (χ4n) is 3.87. The van der Waals surface area contributed by atoms with Crippen molar-refractivity contribution in [3.8, 4) is 0 Å². The highest BCUT2D eigenvalue weighted by molar-refractivity contribution is 9.10. The average Bonchev–Trinajstić information content (AvgIpc) is 2.68. The van der Waals surface area contributed by atoms with E-state index in [0.717, 1.165) is 10.0 Å². The number of ketones is 1. The lowest BCUT2D eigenvalue weighted by Crippen LogP contribution is -2.41. The molecule has 1 aromatic heterocycles. The number of hydrogen-bond acceptors (Lipinski definition) is 5.